The molecule has 0 aliphatic carbocycles. The van der Waals surface area contributed by atoms with E-state index in [-0.39, 0.29) is 0 Å². The van der Waals surface area contributed by atoms with Crippen molar-refractivity contribution in [3.05, 3.63) is 35.4 Å². The molecule has 0 aromatic heterocycles. The Morgan fingerprint density at radius 3 is 2.35 bits per heavy atom. The van der Waals surface area contributed by atoms with Crippen molar-refractivity contribution >= 4 is 0 Å². The van der Waals surface area contributed by atoms with Gasteiger partial charge in [0.1, 0.15) is 0 Å². The van der Waals surface area contributed by atoms with Gasteiger partial charge in [0.2, 0.25) is 0 Å². The van der Waals surface area contributed by atoms with Gasteiger partial charge in [-0.15, -0.1) is 0 Å². The Hall–Kier alpha value is -0.860. The Bertz CT molecular complexity index is 331. The Morgan fingerprint density at radius 2 is 1.76 bits per heavy atom. The van der Waals surface area contributed by atoms with Gasteiger partial charge in [-0.1, -0.05) is 38.1 Å². The maximum Gasteiger partial charge on any atom is 0.0231 e. The van der Waals surface area contributed by atoms with Gasteiger partial charge in [0.05, 0.1) is 0 Å². The summed E-state index contributed by atoms with van der Waals surface area (Å²) in [4.78, 5) is 4.60. The van der Waals surface area contributed by atoms with E-state index < -0.39 is 0 Å². The van der Waals surface area contributed by atoms with E-state index in [0.29, 0.717) is 5.92 Å². The molecule has 0 aliphatic rings. The first-order valence-electron chi connectivity index (χ1n) is 6.41. The van der Waals surface area contributed by atoms with Crippen LogP contribution < -0.4 is 0 Å². The third-order valence-electron chi connectivity index (χ3n) is 3.00. The first-order valence-corrected chi connectivity index (χ1v) is 6.41. The summed E-state index contributed by atoms with van der Waals surface area (Å²) in [6.45, 7) is 7.75. The van der Waals surface area contributed by atoms with Gasteiger partial charge in [-0.25, -0.2) is 0 Å². The largest absolute Gasteiger partial charge is 0.308 e. The van der Waals surface area contributed by atoms with E-state index in [4.69, 9.17) is 0 Å². The number of rotatable bonds is 6. The van der Waals surface area contributed by atoms with Gasteiger partial charge in [-0.05, 0) is 38.2 Å². The number of hydrogen-bond acceptors (Lipinski definition) is 2. The fraction of sp³-hybridized carbons (Fsp3) is 0.600. The molecule has 96 valence electrons. The second kappa shape index (κ2) is 6.77. The lowest BCUT2D eigenvalue weighted by Gasteiger charge is -2.20. The van der Waals surface area contributed by atoms with Crippen molar-refractivity contribution in [2.75, 3.05) is 34.2 Å². The van der Waals surface area contributed by atoms with Crippen LogP contribution in [0.1, 0.15) is 30.9 Å². The number of benzene rings is 1. The number of hydrogen-bond donors (Lipinski definition) is 0. The molecule has 2 nitrogen and oxygen atoms in total. The summed E-state index contributed by atoms with van der Waals surface area (Å²) in [6, 6.07) is 8.94. The summed E-state index contributed by atoms with van der Waals surface area (Å²) >= 11 is 0. The lowest BCUT2D eigenvalue weighted by molar-refractivity contribution is 0.276. The Balaban J connectivity index is 2.53. The van der Waals surface area contributed by atoms with Gasteiger partial charge in [0.15, 0.2) is 0 Å². The molecule has 1 aromatic carbocycles. The molecule has 0 aliphatic heterocycles. The Morgan fingerprint density at radius 1 is 1.06 bits per heavy atom. The van der Waals surface area contributed by atoms with E-state index in [1.807, 2.05) is 0 Å². The van der Waals surface area contributed by atoms with Crippen molar-refractivity contribution in [1.82, 2.24) is 9.80 Å². The fourth-order valence-electron chi connectivity index (χ4n) is 1.81. The standard InChI is InChI=1S/C15H26N2/c1-13(2)15-8-6-7-14(11-15)12-17(5)10-9-16(3)4/h6-8,11,13H,9-10,12H2,1-5H3. The van der Waals surface area contributed by atoms with E-state index in [0.717, 1.165) is 19.6 Å². The van der Waals surface area contributed by atoms with Crippen molar-refractivity contribution in [2.45, 2.75) is 26.3 Å². The van der Waals surface area contributed by atoms with Crippen molar-refractivity contribution in [1.29, 1.82) is 0 Å². The monoisotopic (exact) mass is 234 g/mol. The first-order chi connectivity index (χ1) is 7.99. The van der Waals surface area contributed by atoms with Gasteiger partial charge in [-0.2, -0.15) is 0 Å². The fourth-order valence-corrected chi connectivity index (χ4v) is 1.81. The van der Waals surface area contributed by atoms with E-state index in [1.165, 1.54) is 11.1 Å². The highest BCUT2D eigenvalue weighted by molar-refractivity contribution is 5.25. The van der Waals surface area contributed by atoms with Crippen LogP contribution in [0.3, 0.4) is 0 Å². The molecule has 0 unspecified atom stereocenters. The molecule has 1 aromatic rings. The van der Waals surface area contributed by atoms with Crippen LogP contribution in [0, 0.1) is 0 Å². The minimum absolute atomic E-state index is 0.613. The average Bonchev–Trinajstić information content (AvgIpc) is 2.26. The van der Waals surface area contributed by atoms with Crippen LogP contribution in [0.2, 0.25) is 0 Å². The van der Waals surface area contributed by atoms with Crippen LogP contribution in [-0.4, -0.2) is 44.0 Å². The van der Waals surface area contributed by atoms with Crippen molar-refractivity contribution in [3.63, 3.8) is 0 Å². The lowest BCUT2D eigenvalue weighted by atomic mass is 10.0. The molecule has 2 heteroatoms. The maximum absolute atomic E-state index is 2.37. The van der Waals surface area contributed by atoms with E-state index in [9.17, 15) is 0 Å². The molecular weight excluding hydrogens is 208 g/mol. The minimum Gasteiger partial charge on any atom is -0.308 e. The van der Waals surface area contributed by atoms with Crippen LogP contribution in [0.25, 0.3) is 0 Å². The predicted octanol–water partition coefficient (Wildman–Crippen LogP) is 2.80. The summed E-state index contributed by atoms with van der Waals surface area (Å²) in [5, 5.41) is 0. The van der Waals surface area contributed by atoms with E-state index in [2.05, 4.69) is 69.1 Å². The van der Waals surface area contributed by atoms with Crippen LogP contribution in [0.5, 0.6) is 0 Å². The molecule has 0 bridgehead atoms. The zero-order valence-corrected chi connectivity index (χ0v) is 11.9. The SMILES string of the molecule is CC(C)c1cccc(CN(C)CCN(C)C)c1. The summed E-state index contributed by atoms with van der Waals surface area (Å²) in [5.41, 5.74) is 2.85. The van der Waals surface area contributed by atoms with Gasteiger partial charge in [0, 0.05) is 19.6 Å². The van der Waals surface area contributed by atoms with Crippen LogP contribution in [0.4, 0.5) is 0 Å². The van der Waals surface area contributed by atoms with Crippen molar-refractivity contribution in [2.24, 2.45) is 0 Å². The number of likely N-dealkylation sites (N-methyl/N-ethyl adjacent to an activating group) is 2. The molecule has 0 radical (unpaired) electrons. The highest BCUT2D eigenvalue weighted by Gasteiger charge is 2.03. The van der Waals surface area contributed by atoms with E-state index >= 15 is 0 Å². The zero-order valence-electron chi connectivity index (χ0n) is 11.9. The maximum atomic E-state index is 2.37. The molecule has 0 heterocycles. The summed E-state index contributed by atoms with van der Waals surface area (Å²) in [6.07, 6.45) is 0. The highest BCUT2D eigenvalue weighted by Crippen LogP contribution is 2.16. The summed E-state index contributed by atoms with van der Waals surface area (Å²) < 4.78 is 0. The summed E-state index contributed by atoms with van der Waals surface area (Å²) in [7, 11) is 6.42. The van der Waals surface area contributed by atoms with Gasteiger partial charge < -0.3 is 9.80 Å². The Kier molecular flexibility index (Phi) is 5.66. The molecule has 1 rings (SSSR count). The van der Waals surface area contributed by atoms with Crippen LogP contribution >= 0.6 is 0 Å². The van der Waals surface area contributed by atoms with Gasteiger partial charge in [0.25, 0.3) is 0 Å². The third-order valence-corrected chi connectivity index (χ3v) is 3.00. The van der Waals surface area contributed by atoms with Gasteiger partial charge in [-0.3, -0.25) is 0 Å². The Labute approximate surface area is 106 Å². The predicted molar refractivity (Wildman–Crippen MR) is 75.4 cm³/mol. The molecule has 0 spiro atoms. The number of nitrogens with zero attached hydrogens (tertiary/aromatic N) is 2. The molecule has 0 saturated carbocycles. The van der Waals surface area contributed by atoms with Crippen molar-refractivity contribution < 1.29 is 0 Å². The molecule has 0 fully saturated rings. The van der Waals surface area contributed by atoms with Gasteiger partial charge >= 0.3 is 0 Å². The first kappa shape index (κ1) is 14.2. The second-order valence-electron chi connectivity index (χ2n) is 5.44. The zero-order chi connectivity index (χ0) is 12.8. The second-order valence-corrected chi connectivity index (χ2v) is 5.44. The van der Waals surface area contributed by atoms with E-state index in [1.54, 1.807) is 0 Å². The highest BCUT2D eigenvalue weighted by atomic mass is 15.1. The van der Waals surface area contributed by atoms with Crippen molar-refractivity contribution in [3.8, 4) is 0 Å². The molecular formula is C15H26N2. The normalized spacial score (nSPS) is 11.8. The third kappa shape index (κ3) is 5.33. The molecule has 0 N–H and O–H groups in total. The van der Waals surface area contributed by atoms with Crippen LogP contribution in [-0.2, 0) is 6.54 Å². The smallest absolute Gasteiger partial charge is 0.0231 e. The lowest BCUT2D eigenvalue weighted by Crippen LogP contribution is -2.28. The minimum atomic E-state index is 0.613. The molecule has 0 saturated heterocycles. The average molecular weight is 234 g/mol. The quantitative estimate of drug-likeness (QED) is 0.747. The summed E-state index contributed by atoms with van der Waals surface area (Å²) in [5.74, 6) is 0.613. The topological polar surface area (TPSA) is 6.48 Å². The molecule has 0 atom stereocenters. The van der Waals surface area contributed by atoms with Crippen LogP contribution in [0.15, 0.2) is 24.3 Å². The molecule has 17 heavy (non-hydrogen) atoms. The molecule has 0 amide bonds.